The average molecular weight is 248 g/mol. The molecule has 1 saturated carbocycles. The van der Waals surface area contributed by atoms with Gasteiger partial charge in [-0.3, -0.25) is 0 Å². The molecule has 3 heteroatoms. The summed E-state index contributed by atoms with van der Waals surface area (Å²) in [6.45, 7) is 2.46. The van der Waals surface area contributed by atoms with Crippen LogP contribution in [0, 0.1) is 0 Å². The molecule has 2 rings (SSSR count). The van der Waals surface area contributed by atoms with E-state index < -0.39 is 0 Å². The minimum absolute atomic E-state index is 0.258. The van der Waals surface area contributed by atoms with Gasteiger partial charge in [-0.2, -0.15) is 0 Å². The zero-order valence-electron chi connectivity index (χ0n) is 11.2. The van der Waals surface area contributed by atoms with Crippen molar-refractivity contribution in [3.63, 3.8) is 0 Å². The Hall–Kier alpha value is -0.900. The molecule has 1 fully saturated rings. The number of rotatable bonds is 8. The Balaban J connectivity index is 1.60. The minimum atomic E-state index is -0.258. The quantitative estimate of drug-likeness (QED) is 0.727. The largest absolute Gasteiger partial charge is 0.390 e. The molecule has 1 aromatic rings. The number of benzene rings is 1. The highest BCUT2D eigenvalue weighted by atomic mass is 16.3. The van der Waals surface area contributed by atoms with Gasteiger partial charge in [0.15, 0.2) is 0 Å². The first-order valence-electron chi connectivity index (χ1n) is 6.88. The van der Waals surface area contributed by atoms with Gasteiger partial charge in [-0.15, -0.1) is 0 Å². The lowest BCUT2D eigenvalue weighted by atomic mass is 10.1. The van der Waals surface area contributed by atoms with Gasteiger partial charge in [0, 0.05) is 25.7 Å². The molecule has 1 aliphatic rings. The van der Waals surface area contributed by atoms with Crippen molar-refractivity contribution in [1.29, 1.82) is 0 Å². The molecule has 0 aliphatic heterocycles. The Morgan fingerprint density at radius 2 is 2.06 bits per heavy atom. The fourth-order valence-corrected chi connectivity index (χ4v) is 2.07. The van der Waals surface area contributed by atoms with Gasteiger partial charge in [-0.1, -0.05) is 30.3 Å². The third kappa shape index (κ3) is 5.17. The van der Waals surface area contributed by atoms with Gasteiger partial charge >= 0.3 is 0 Å². The maximum atomic E-state index is 9.89. The van der Waals surface area contributed by atoms with Crippen molar-refractivity contribution >= 4 is 0 Å². The van der Waals surface area contributed by atoms with Crippen molar-refractivity contribution in [3.8, 4) is 0 Å². The van der Waals surface area contributed by atoms with Gasteiger partial charge in [-0.25, -0.2) is 0 Å². The highest BCUT2D eigenvalue weighted by molar-refractivity contribution is 5.14. The molecule has 0 aromatic heterocycles. The molecule has 1 aliphatic carbocycles. The van der Waals surface area contributed by atoms with Crippen LogP contribution in [0.2, 0.25) is 0 Å². The monoisotopic (exact) mass is 248 g/mol. The Bertz CT molecular complexity index is 338. The van der Waals surface area contributed by atoms with Crippen LogP contribution in [-0.4, -0.2) is 48.8 Å². The SMILES string of the molecule is CN(CCc1ccccc1)CC(O)CNC1CC1. The van der Waals surface area contributed by atoms with Gasteiger partial charge < -0.3 is 15.3 Å². The van der Waals surface area contributed by atoms with Crippen molar-refractivity contribution in [2.45, 2.75) is 31.4 Å². The number of hydrogen-bond donors (Lipinski definition) is 2. The van der Waals surface area contributed by atoms with Gasteiger partial charge in [-0.05, 0) is 31.9 Å². The highest BCUT2D eigenvalue weighted by Crippen LogP contribution is 2.18. The Labute approximate surface area is 110 Å². The summed E-state index contributed by atoms with van der Waals surface area (Å²) in [5, 5.41) is 13.2. The van der Waals surface area contributed by atoms with E-state index in [9.17, 15) is 5.11 Å². The molecule has 0 heterocycles. The summed E-state index contributed by atoms with van der Waals surface area (Å²) in [6.07, 6.45) is 3.33. The van der Waals surface area contributed by atoms with Crippen molar-refractivity contribution < 1.29 is 5.11 Å². The van der Waals surface area contributed by atoms with E-state index in [1.807, 2.05) is 6.07 Å². The molecule has 1 aromatic carbocycles. The zero-order valence-corrected chi connectivity index (χ0v) is 11.2. The van der Waals surface area contributed by atoms with Gasteiger partial charge in [0.25, 0.3) is 0 Å². The predicted molar refractivity (Wildman–Crippen MR) is 74.7 cm³/mol. The minimum Gasteiger partial charge on any atom is -0.390 e. The van der Waals surface area contributed by atoms with E-state index in [0.29, 0.717) is 6.04 Å². The van der Waals surface area contributed by atoms with E-state index >= 15 is 0 Å². The lowest BCUT2D eigenvalue weighted by Crippen LogP contribution is -2.38. The summed E-state index contributed by atoms with van der Waals surface area (Å²) < 4.78 is 0. The van der Waals surface area contributed by atoms with Crippen LogP contribution in [0.3, 0.4) is 0 Å². The van der Waals surface area contributed by atoms with Crippen molar-refractivity contribution in [3.05, 3.63) is 35.9 Å². The molecule has 100 valence electrons. The van der Waals surface area contributed by atoms with E-state index in [4.69, 9.17) is 0 Å². The summed E-state index contributed by atoms with van der Waals surface area (Å²) in [4.78, 5) is 2.20. The molecule has 0 radical (unpaired) electrons. The average Bonchev–Trinajstić information content (AvgIpc) is 3.19. The van der Waals surface area contributed by atoms with Crippen molar-refractivity contribution in [1.82, 2.24) is 10.2 Å². The summed E-state index contributed by atoms with van der Waals surface area (Å²) in [7, 11) is 2.07. The molecule has 1 atom stereocenters. The fourth-order valence-electron chi connectivity index (χ4n) is 2.07. The van der Waals surface area contributed by atoms with Crippen LogP contribution in [0.5, 0.6) is 0 Å². The van der Waals surface area contributed by atoms with Crippen LogP contribution in [0.4, 0.5) is 0 Å². The molecule has 0 amide bonds. The van der Waals surface area contributed by atoms with Crippen LogP contribution in [0.1, 0.15) is 18.4 Å². The Kier molecular flexibility index (Phi) is 5.17. The lowest BCUT2D eigenvalue weighted by molar-refractivity contribution is 0.124. The van der Waals surface area contributed by atoms with E-state index in [2.05, 4.69) is 41.5 Å². The third-order valence-electron chi connectivity index (χ3n) is 3.37. The molecule has 0 spiro atoms. The first-order valence-corrected chi connectivity index (χ1v) is 6.88. The normalized spacial score (nSPS) is 17.1. The number of likely N-dealkylation sites (N-methyl/N-ethyl adjacent to an activating group) is 1. The predicted octanol–water partition coefficient (Wildman–Crippen LogP) is 1.27. The fraction of sp³-hybridized carbons (Fsp3) is 0.600. The summed E-state index contributed by atoms with van der Waals surface area (Å²) in [5.74, 6) is 0. The van der Waals surface area contributed by atoms with E-state index in [1.54, 1.807) is 0 Å². The highest BCUT2D eigenvalue weighted by Gasteiger charge is 2.21. The van der Waals surface area contributed by atoms with Crippen molar-refractivity contribution in [2.24, 2.45) is 0 Å². The smallest absolute Gasteiger partial charge is 0.0791 e. The molecular weight excluding hydrogens is 224 g/mol. The second-order valence-corrected chi connectivity index (χ2v) is 5.33. The second-order valence-electron chi connectivity index (χ2n) is 5.33. The maximum absolute atomic E-state index is 9.89. The molecule has 0 saturated heterocycles. The first kappa shape index (κ1) is 13.5. The summed E-state index contributed by atoms with van der Waals surface area (Å²) in [6, 6.07) is 11.2. The zero-order chi connectivity index (χ0) is 12.8. The van der Waals surface area contributed by atoms with E-state index in [1.165, 1.54) is 18.4 Å². The number of aliphatic hydroxyl groups excluding tert-OH is 1. The second kappa shape index (κ2) is 6.88. The van der Waals surface area contributed by atoms with Crippen LogP contribution in [-0.2, 0) is 6.42 Å². The lowest BCUT2D eigenvalue weighted by Gasteiger charge is -2.20. The Morgan fingerprint density at radius 1 is 1.33 bits per heavy atom. The van der Waals surface area contributed by atoms with Crippen LogP contribution in [0.25, 0.3) is 0 Å². The molecule has 2 N–H and O–H groups in total. The first-order chi connectivity index (χ1) is 8.74. The molecule has 18 heavy (non-hydrogen) atoms. The van der Waals surface area contributed by atoms with Crippen molar-refractivity contribution in [2.75, 3.05) is 26.7 Å². The van der Waals surface area contributed by atoms with Crippen LogP contribution < -0.4 is 5.32 Å². The molecule has 3 nitrogen and oxygen atoms in total. The molecule has 1 unspecified atom stereocenters. The van der Waals surface area contributed by atoms with E-state index in [0.717, 1.165) is 26.1 Å². The van der Waals surface area contributed by atoms with E-state index in [-0.39, 0.29) is 6.10 Å². The van der Waals surface area contributed by atoms with Crippen LogP contribution >= 0.6 is 0 Å². The van der Waals surface area contributed by atoms with Gasteiger partial charge in [0.05, 0.1) is 6.10 Å². The summed E-state index contributed by atoms with van der Waals surface area (Å²) in [5.41, 5.74) is 1.36. The number of nitrogens with zero attached hydrogens (tertiary/aromatic N) is 1. The summed E-state index contributed by atoms with van der Waals surface area (Å²) >= 11 is 0. The van der Waals surface area contributed by atoms with Gasteiger partial charge in [0.2, 0.25) is 0 Å². The Morgan fingerprint density at radius 3 is 2.72 bits per heavy atom. The number of aliphatic hydroxyl groups is 1. The maximum Gasteiger partial charge on any atom is 0.0791 e. The third-order valence-corrected chi connectivity index (χ3v) is 3.37. The topological polar surface area (TPSA) is 35.5 Å². The number of hydrogen-bond acceptors (Lipinski definition) is 3. The molecule has 0 bridgehead atoms. The number of nitrogens with one attached hydrogen (secondary N) is 1. The van der Waals surface area contributed by atoms with Gasteiger partial charge in [0.1, 0.15) is 0 Å². The van der Waals surface area contributed by atoms with Crippen LogP contribution in [0.15, 0.2) is 30.3 Å². The standard InChI is InChI=1S/C15H24N2O/c1-17(10-9-13-5-3-2-4-6-13)12-15(18)11-16-14-7-8-14/h2-6,14-16,18H,7-12H2,1H3. The molecular formula is C15H24N2O.